The number of oxazole rings is 1. The van der Waals surface area contributed by atoms with Gasteiger partial charge in [0.25, 0.3) is 11.9 Å². The van der Waals surface area contributed by atoms with Crippen molar-refractivity contribution in [3.8, 4) is 5.75 Å². The minimum atomic E-state index is -4.86. The minimum Gasteiger partial charge on any atom is -0.417 e. The lowest BCUT2D eigenvalue weighted by Gasteiger charge is -2.29. The standard InChI is InChI=1S/C28H30ClF3N6O4/c1-18-6-4-11-38(17-18)26-35-24(28(30,31)32)23(42-26)25(39)34-19-9-10-22(33-16-19)36-12-5-13-37(15-14-36)27(40)41-21-8-3-2-7-20(21)29/h2-3,7-10,16,18H,4-6,11-15,17H2,1H3,(H,34,39). The fourth-order valence-electron chi connectivity index (χ4n) is 5.00. The zero-order valence-corrected chi connectivity index (χ0v) is 23.6. The summed E-state index contributed by atoms with van der Waals surface area (Å²) in [6.45, 7) is 4.95. The number of pyridine rings is 1. The fraction of sp³-hybridized carbons (Fsp3) is 0.429. The maximum atomic E-state index is 13.7. The predicted molar refractivity (Wildman–Crippen MR) is 150 cm³/mol. The number of rotatable bonds is 5. The molecule has 1 atom stereocenters. The van der Waals surface area contributed by atoms with E-state index in [1.54, 1.807) is 46.2 Å². The topological polar surface area (TPSA) is 104 Å². The van der Waals surface area contributed by atoms with Crippen LogP contribution in [0.5, 0.6) is 5.75 Å². The van der Waals surface area contributed by atoms with Gasteiger partial charge in [0, 0.05) is 39.3 Å². The first-order valence-electron chi connectivity index (χ1n) is 13.6. The third-order valence-electron chi connectivity index (χ3n) is 7.14. The van der Waals surface area contributed by atoms with Gasteiger partial charge in [0.2, 0.25) is 5.76 Å². The second-order valence-electron chi connectivity index (χ2n) is 10.4. The van der Waals surface area contributed by atoms with Gasteiger partial charge in [-0.3, -0.25) is 4.79 Å². The van der Waals surface area contributed by atoms with E-state index in [2.05, 4.69) is 15.3 Å². The number of amides is 2. The second kappa shape index (κ2) is 12.5. The third kappa shape index (κ3) is 6.89. The van der Waals surface area contributed by atoms with E-state index >= 15 is 0 Å². The molecule has 0 bridgehead atoms. The summed E-state index contributed by atoms with van der Waals surface area (Å²) in [6.07, 6.45) is -1.59. The van der Waals surface area contributed by atoms with E-state index in [0.717, 1.165) is 12.8 Å². The molecule has 2 saturated heterocycles. The van der Waals surface area contributed by atoms with E-state index < -0.39 is 29.6 Å². The van der Waals surface area contributed by atoms with Gasteiger partial charge >= 0.3 is 12.3 Å². The van der Waals surface area contributed by atoms with E-state index in [9.17, 15) is 22.8 Å². The van der Waals surface area contributed by atoms with Crippen molar-refractivity contribution in [3.05, 3.63) is 59.1 Å². The van der Waals surface area contributed by atoms with Crippen LogP contribution in [0, 0.1) is 5.92 Å². The summed E-state index contributed by atoms with van der Waals surface area (Å²) in [5, 5.41) is 2.78. The van der Waals surface area contributed by atoms with E-state index in [4.69, 9.17) is 20.8 Å². The van der Waals surface area contributed by atoms with Crippen molar-refractivity contribution >= 4 is 41.1 Å². The van der Waals surface area contributed by atoms with Gasteiger partial charge in [0.15, 0.2) is 11.4 Å². The first-order valence-corrected chi connectivity index (χ1v) is 14.0. The van der Waals surface area contributed by atoms with Gasteiger partial charge in [0.05, 0.1) is 16.9 Å². The highest BCUT2D eigenvalue weighted by Crippen LogP contribution is 2.35. The molecule has 1 aromatic carbocycles. The van der Waals surface area contributed by atoms with Gasteiger partial charge in [-0.15, -0.1) is 0 Å². The number of hydrogen-bond acceptors (Lipinski definition) is 8. The van der Waals surface area contributed by atoms with Gasteiger partial charge in [-0.1, -0.05) is 30.7 Å². The third-order valence-corrected chi connectivity index (χ3v) is 7.45. The van der Waals surface area contributed by atoms with Gasteiger partial charge in [-0.2, -0.15) is 18.2 Å². The van der Waals surface area contributed by atoms with Gasteiger partial charge in [-0.25, -0.2) is 9.78 Å². The molecule has 2 aromatic heterocycles. The number of carbonyl (C=O) groups excluding carboxylic acids is 2. The molecule has 2 amide bonds. The van der Waals surface area contributed by atoms with Crippen LogP contribution in [-0.2, 0) is 6.18 Å². The summed E-state index contributed by atoms with van der Waals surface area (Å²) < 4.78 is 52.0. The Kier molecular flexibility index (Phi) is 8.76. The minimum absolute atomic E-state index is 0.196. The van der Waals surface area contributed by atoms with Crippen molar-refractivity contribution in [3.63, 3.8) is 0 Å². The zero-order chi connectivity index (χ0) is 29.9. The number of alkyl halides is 3. The zero-order valence-electron chi connectivity index (χ0n) is 22.9. The molecule has 2 fully saturated rings. The van der Waals surface area contributed by atoms with Crippen LogP contribution in [0.1, 0.15) is 42.4 Å². The maximum Gasteiger partial charge on any atom is 0.437 e. The number of benzene rings is 1. The number of aromatic nitrogens is 2. The molecular weight excluding hydrogens is 577 g/mol. The molecule has 1 N–H and O–H groups in total. The lowest BCUT2D eigenvalue weighted by molar-refractivity contribution is -0.141. The molecule has 0 spiro atoms. The van der Waals surface area contributed by atoms with Crippen molar-refractivity contribution in [1.29, 1.82) is 0 Å². The van der Waals surface area contributed by atoms with Crippen LogP contribution in [0.25, 0.3) is 0 Å². The number of nitrogens with zero attached hydrogens (tertiary/aromatic N) is 5. The Morgan fingerprint density at radius 3 is 2.55 bits per heavy atom. The molecule has 10 nitrogen and oxygen atoms in total. The molecule has 2 aliphatic heterocycles. The highest BCUT2D eigenvalue weighted by atomic mass is 35.5. The fourth-order valence-corrected chi connectivity index (χ4v) is 5.18. The van der Waals surface area contributed by atoms with Crippen molar-refractivity contribution in [2.24, 2.45) is 5.92 Å². The highest BCUT2D eigenvalue weighted by molar-refractivity contribution is 6.32. The average Bonchev–Trinajstić information content (AvgIpc) is 3.28. The van der Waals surface area contributed by atoms with E-state index in [1.807, 2.05) is 11.8 Å². The summed E-state index contributed by atoms with van der Waals surface area (Å²) in [5.41, 5.74) is -1.17. The van der Waals surface area contributed by atoms with Crippen LogP contribution in [0.4, 0.5) is 35.5 Å². The second-order valence-corrected chi connectivity index (χ2v) is 10.8. The summed E-state index contributed by atoms with van der Waals surface area (Å²) in [5.74, 6) is -0.809. The largest absolute Gasteiger partial charge is 0.437 e. The smallest absolute Gasteiger partial charge is 0.417 e. The summed E-state index contributed by atoms with van der Waals surface area (Å²) in [6, 6.07) is 9.72. The molecule has 1 unspecified atom stereocenters. The Bertz CT molecular complexity index is 1420. The number of para-hydroxylation sites is 1. The number of ether oxygens (including phenoxy) is 1. The number of anilines is 3. The van der Waals surface area contributed by atoms with Gasteiger partial charge < -0.3 is 29.2 Å². The normalized spacial score (nSPS) is 18.0. The number of halogens is 4. The van der Waals surface area contributed by atoms with Crippen molar-refractivity contribution in [2.45, 2.75) is 32.4 Å². The average molecular weight is 607 g/mol. The Balaban J connectivity index is 1.21. The Hall–Kier alpha value is -4.00. The summed E-state index contributed by atoms with van der Waals surface area (Å²) in [7, 11) is 0. The molecule has 2 aliphatic rings. The lowest BCUT2D eigenvalue weighted by atomic mass is 10.0. The lowest BCUT2D eigenvalue weighted by Crippen LogP contribution is -2.37. The summed E-state index contributed by atoms with van der Waals surface area (Å²) in [4.78, 5) is 38.7. The molecule has 5 rings (SSSR count). The molecule has 0 radical (unpaired) electrons. The maximum absolute atomic E-state index is 13.7. The molecule has 0 aliphatic carbocycles. The Labute approximate surface area is 245 Å². The van der Waals surface area contributed by atoms with E-state index in [-0.39, 0.29) is 23.4 Å². The van der Waals surface area contributed by atoms with Gasteiger partial charge in [-0.05, 0) is 49.4 Å². The SMILES string of the molecule is CC1CCCN(c2nc(C(F)(F)F)c(C(=O)Nc3ccc(N4CCCN(C(=O)Oc5ccccc5Cl)CC4)nc3)o2)C1. The molecule has 3 aromatic rings. The number of nitrogens with one attached hydrogen (secondary N) is 1. The van der Waals surface area contributed by atoms with Crippen LogP contribution in [-0.4, -0.2) is 66.1 Å². The van der Waals surface area contributed by atoms with E-state index in [1.165, 1.54) is 6.20 Å². The van der Waals surface area contributed by atoms with E-state index in [0.29, 0.717) is 56.5 Å². The van der Waals surface area contributed by atoms with Crippen LogP contribution in [0.2, 0.25) is 5.02 Å². The van der Waals surface area contributed by atoms with Crippen molar-refractivity contribution in [2.75, 3.05) is 54.4 Å². The predicted octanol–water partition coefficient (Wildman–Crippen LogP) is 5.94. The monoisotopic (exact) mass is 606 g/mol. The Morgan fingerprint density at radius 1 is 1.05 bits per heavy atom. The first kappa shape index (κ1) is 29.5. The molecule has 0 saturated carbocycles. The number of piperidine rings is 1. The highest BCUT2D eigenvalue weighted by Gasteiger charge is 2.42. The molecule has 4 heterocycles. The number of hydrogen-bond donors (Lipinski definition) is 1. The molecular formula is C28H30ClF3N6O4. The van der Waals surface area contributed by atoms with Crippen molar-refractivity contribution in [1.82, 2.24) is 14.9 Å². The van der Waals surface area contributed by atoms with Crippen LogP contribution >= 0.6 is 11.6 Å². The first-order chi connectivity index (χ1) is 20.1. The summed E-state index contributed by atoms with van der Waals surface area (Å²) >= 11 is 6.09. The van der Waals surface area contributed by atoms with Crippen LogP contribution < -0.4 is 19.9 Å². The Morgan fingerprint density at radius 2 is 1.83 bits per heavy atom. The van der Waals surface area contributed by atoms with Crippen LogP contribution in [0.3, 0.4) is 0 Å². The van der Waals surface area contributed by atoms with Gasteiger partial charge in [0.1, 0.15) is 5.82 Å². The van der Waals surface area contributed by atoms with Crippen LogP contribution in [0.15, 0.2) is 47.0 Å². The quantitative estimate of drug-likeness (QED) is 0.381. The molecule has 224 valence electrons. The molecule has 42 heavy (non-hydrogen) atoms. The number of carbonyl (C=O) groups is 2. The van der Waals surface area contributed by atoms with Crippen molar-refractivity contribution < 1.29 is 31.9 Å². The molecule has 14 heteroatoms.